The molecule has 0 saturated carbocycles. The Labute approximate surface area is 211 Å². The summed E-state index contributed by atoms with van der Waals surface area (Å²) in [6.45, 7) is 11.8. The lowest BCUT2D eigenvalue weighted by Crippen LogP contribution is -2.48. The number of nitrogens with one attached hydrogen (secondary N) is 1. The third kappa shape index (κ3) is 5.15. The van der Waals surface area contributed by atoms with Crippen molar-refractivity contribution in [3.63, 3.8) is 0 Å². The molecule has 1 saturated heterocycles. The number of hydrogen-bond donors (Lipinski definition) is 1. The van der Waals surface area contributed by atoms with Crippen LogP contribution in [0.2, 0.25) is 0 Å². The number of carbonyl (C=O) groups is 3. The van der Waals surface area contributed by atoms with Gasteiger partial charge in [-0.05, 0) is 98.3 Å². The van der Waals surface area contributed by atoms with Crippen molar-refractivity contribution in [1.82, 2.24) is 4.90 Å². The lowest BCUT2D eigenvalue weighted by Gasteiger charge is -2.48. The molecule has 1 fully saturated rings. The van der Waals surface area contributed by atoms with E-state index in [9.17, 15) is 14.4 Å². The second-order valence-corrected chi connectivity index (χ2v) is 11.0. The topological polar surface area (TPSA) is 69.7 Å². The zero-order valence-electron chi connectivity index (χ0n) is 21.1. The van der Waals surface area contributed by atoms with E-state index >= 15 is 0 Å². The molecule has 2 aliphatic rings. The average Bonchev–Trinajstić information content (AvgIpc) is 3.05. The van der Waals surface area contributed by atoms with E-state index in [-0.39, 0.29) is 12.1 Å². The molecule has 0 spiro atoms. The number of amides is 3. The summed E-state index contributed by atoms with van der Waals surface area (Å²) in [5.41, 5.74) is 5.24. The molecule has 7 heteroatoms. The predicted octanol–water partition coefficient (Wildman–Crippen LogP) is 6.17. The maximum atomic E-state index is 13.0. The van der Waals surface area contributed by atoms with Crippen molar-refractivity contribution >= 4 is 46.3 Å². The minimum Gasteiger partial charge on any atom is -0.366 e. The van der Waals surface area contributed by atoms with Crippen LogP contribution in [0.1, 0.15) is 63.1 Å². The summed E-state index contributed by atoms with van der Waals surface area (Å²) in [5, 5.41) is 2.30. The van der Waals surface area contributed by atoms with E-state index in [4.69, 9.17) is 0 Å². The van der Waals surface area contributed by atoms with Crippen molar-refractivity contribution in [2.75, 3.05) is 23.3 Å². The molecule has 3 amide bonds. The molecule has 35 heavy (non-hydrogen) atoms. The SMILES string of the molecule is CCCN1c2cc(C)c(/C=C3/SC(=O)N(CC(=O)Nc4ccccc4)C3=O)cc2C(C)CC1(C)C. The van der Waals surface area contributed by atoms with E-state index in [1.807, 2.05) is 25.1 Å². The third-order valence-corrected chi connectivity index (χ3v) is 7.65. The summed E-state index contributed by atoms with van der Waals surface area (Å²) in [5.74, 6) is -0.447. The fraction of sp³-hybridized carbons (Fsp3) is 0.393. The van der Waals surface area contributed by atoms with Gasteiger partial charge in [0.05, 0.1) is 4.91 Å². The van der Waals surface area contributed by atoms with Gasteiger partial charge in [0.2, 0.25) is 5.91 Å². The molecular formula is C28H33N3O3S. The van der Waals surface area contributed by atoms with Gasteiger partial charge >= 0.3 is 0 Å². The van der Waals surface area contributed by atoms with Gasteiger partial charge in [-0.25, -0.2) is 0 Å². The van der Waals surface area contributed by atoms with Crippen LogP contribution in [0.15, 0.2) is 47.4 Å². The minimum atomic E-state index is -0.429. The van der Waals surface area contributed by atoms with Crippen molar-refractivity contribution in [2.24, 2.45) is 0 Å². The molecule has 0 aromatic heterocycles. The summed E-state index contributed by atoms with van der Waals surface area (Å²) in [4.78, 5) is 41.9. The highest BCUT2D eigenvalue weighted by atomic mass is 32.2. The largest absolute Gasteiger partial charge is 0.366 e. The number of hydrogen-bond acceptors (Lipinski definition) is 5. The molecule has 1 N–H and O–H groups in total. The normalized spacial score (nSPS) is 20.4. The molecule has 2 aliphatic heterocycles. The number of rotatable bonds is 6. The van der Waals surface area contributed by atoms with E-state index in [2.05, 4.69) is 50.0 Å². The number of thioether (sulfide) groups is 1. The maximum Gasteiger partial charge on any atom is 0.294 e. The number of carbonyl (C=O) groups excluding carboxylic acids is 3. The van der Waals surface area contributed by atoms with Crippen molar-refractivity contribution in [3.05, 3.63) is 64.1 Å². The van der Waals surface area contributed by atoms with Crippen molar-refractivity contribution in [2.45, 2.75) is 58.9 Å². The Bertz CT molecular complexity index is 1190. The number of para-hydroxylation sites is 1. The standard InChI is InChI=1S/C28H33N3O3S/c1-6-12-31-23-13-18(2)20(14-22(23)19(3)16-28(31,4)5)15-24-26(33)30(27(34)35-24)17-25(32)29-21-10-8-7-9-11-21/h7-11,13-15,19H,6,12,16-17H2,1-5H3,(H,29,32)/b24-15+. The lowest BCUT2D eigenvalue weighted by atomic mass is 9.79. The van der Waals surface area contributed by atoms with Gasteiger partial charge in [-0.2, -0.15) is 0 Å². The van der Waals surface area contributed by atoms with Crippen molar-refractivity contribution < 1.29 is 14.4 Å². The molecule has 1 atom stereocenters. The number of fused-ring (bicyclic) bond motifs is 1. The van der Waals surface area contributed by atoms with Crippen LogP contribution in [0.4, 0.5) is 16.2 Å². The molecule has 0 bridgehead atoms. The quantitative estimate of drug-likeness (QED) is 0.489. The van der Waals surface area contributed by atoms with E-state index < -0.39 is 17.1 Å². The smallest absolute Gasteiger partial charge is 0.294 e. The first-order valence-corrected chi connectivity index (χ1v) is 12.9. The molecule has 2 aromatic carbocycles. The number of benzene rings is 2. The van der Waals surface area contributed by atoms with Gasteiger partial charge in [0.25, 0.3) is 11.1 Å². The second-order valence-electron chi connectivity index (χ2n) is 10.0. The maximum absolute atomic E-state index is 13.0. The van der Waals surface area contributed by atoms with Gasteiger partial charge in [0.1, 0.15) is 6.54 Å². The van der Waals surface area contributed by atoms with Crippen LogP contribution >= 0.6 is 11.8 Å². The van der Waals surface area contributed by atoms with Gasteiger partial charge in [0, 0.05) is 23.5 Å². The summed E-state index contributed by atoms with van der Waals surface area (Å²) < 4.78 is 0. The zero-order valence-corrected chi connectivity index (χ0v) is 21.9. The Balaban J connectivity index is 1.57. The van der Waals surface area contributed by atoms with Crippen LogP contribution in [0.3, 0.4) is 0 Å². The molecule has 0 radical (unpaired) electrons. The fourth-order valence-corrected chi connectivity index (χ4v) is 5.93. The predicted molar refractivity (Wildman–Crippen MR) is 144 cm³/mol. The van der Waals surface area contributed by atoms with Gasteiger partial charge in [0.15, 0.2) is 0 Å². The van der Waals surface area contributed by atoms with E-state index in [0.717, 1.165) is 47.2 Å². The summed E-state index contributed by atoms with van der Waals surface area (Å²) in [7, 11) is 0. The van der Waals surface area contributed by atoms with E-state index in [1.165, 1.54) is 11.3 Å². The van der Waals surface area contributed by atoms with E-state index in [0.29, 0.717) is 16.5 Å². The third-order valence-electron chi connectivity index (χ3n) is 6.74. The number of aryl methyl sites for hydroxylation is 1. The minimum absolute atomic E-state index is 0.0827. The van der Waals surface area contributed by atoms with E-state index in [1.54, 1.807) is 18.2 Å². The van der Waals surface area contributed by atoms with Crippen LogP contribution in [0.5, 0.6) is 0 Å². The lowest BCUT2D eigenvalue weighted by molar-refractivity contribution is -0.127. The van der Waals surface area contributed by atoms with Crippen LogP contribution in [0, 0.1) is 6.92 Å². The fourth-order valence-electron chi connectivity index (χ4n) is 5.10. The molecule has 2 heterocycles. The van der Waals surface area contributed by atoms with Crippen LogP contribution in [-0.2, 0) is 9.59 Å². The number of anilines is 2. The van der Waals surface area contributed by atoms with Crippen LogP contribution < -0.4 is 10.2 Å². The highest BCUT2D eigenvalue weighted by molar-refractivity contribution is 8.18. The molecule has 184 valence electrons. The number of nitrogens with zero attached hydrogens (tertiary/aromatic N) is 2. The highest BCUT2D eigenvalue weighted by Gasteiger charge is 2.38. The van der Waals surface area contributed by atoms with Crippen LogP contribution in [0.25, 0.3) is 6.08 Å². The Morgan fingerprint density at radius 2 is 1.91 bits per heavy atom. The zero-order chi connectivity index (χ0) is 25.3. The summed E-state index contributed by atoms with van der Waals surface area (Å²) in [6, 6.07) is 13.4. The molecular weight excluding hydrogens is 458 g/mol. The average molecular weight is 492 g/mol. The van der Waals surface area contributed by atoms with Gasteiger partial charge in [-0.1, -0.05) is 32.0 Å². The highest BCUT2D eigenvalue weighted by Crippen LogP contribution is 2.45. The van der Waals surface area contributed by atoms with Crippen LogP contribution in [-0.4, -0.2) is 40.6 Å². The van der Waals surface area contributed by atoms with Gasteiger partial charge in [-0.15, -0.1) is 0 Å². The number of imide groups is 1. The second kappa shape index (κ2) is 9.90. The summed E-state index contributed by atoms with van der Waals surface area (Å²) in [6.07, 6.45) is 3.92. The molecule has 1 unspecified atom stereocenters. The van der Waals surface area contributed by atoms with Gasteiger partial charge < -0.3 is 10.2 Å². The first-order chi connectivity index (χ1) is 16.6. The molecule has 4 rings (SSSR count). The summed E-state index contributed by atoms with van der Waals surface area (Å²) >= 11 is 0.888. The molecule has 2 aromatic rings. The first kappa shape index (κ1) is 25.0. The monoisotopic (exact) mass is 491 g/mol. The Morgan fingerprint density at radius 1 is 1.20 bits per heavy atom. The van der Waals surface area contributed by atoms with Gasteiger partial charge in [-0.3, -0.25) is 19.3 Å². The van der Waals surface area contributed by atoms with Crippen molar-refractivity contribution in [3.8, 4) is 0 Å². The first-order valence-electron chi connectivity index (χ1n) is 12.1. The Morgan fingerprint density at radius 3 is 2.60 bits per heavy atom. The van der Waals surface area contributed by atoms with Crippen molar-refractivity contribution in [1.29, 1.82) is 0 Å². The Kier molecular flexibility index (Phi) is 7.08. The molecule has 6 nitrogen and oxygen atoms in total. The molecule has 0 aliphatic carbocycles. The Hall–Kier alpha value is -3.06.